The fraction of sp³-hybridized carbons (Fsp3) is 0. The van der Waals surface area contributed by atoms with Gasteiger partial charge in [-0.25, -0.2) is 4.79 Å². The number of hydrogen-bond donors (Lipinski definition) is 1. The minimum Gasteiger partial charge on any atom is -0.478 e. The Bertz CT molecular complexity index is 691. The van der Waals surface area contributed by atoms with Crippen LogP contribution in [0.15, 0.2) is 23.7 Å². The maximum atomic E-state index is 10.9. The molecule has 3 heterocycles. The molecule has 3 aromatic rings. The number of aromatic carboxylic acids is 1. The first-order chi connectivity index (χ1) is 8.25. The van der Waals surface area contributed by atoms with Crippen molar-refractivity contribution in [2.45, 2.75) is 0 Å². The number of pyridine rings is 1. The molecule has 0 spiro atoms. The first kappa shape index (κ1) is 9.85. The zero-order valence-electron chi connectivity index (χ0n) is 8.31. The lowest BCUT2D eigenvalue weighted by Crippen LogP contribution is -1.99. The number of fused-ring (bicyclic) bond motifs is 1. The van der Waals surface area contributed by atoms with Crippen LogP contribution in [0.2, 0.25) is 0 Å². The van der Waals surface area contributed by atoms with Gasteiger partial charge in [0, 0.05) is 11.6 Å². The van der Waals surface area contributed by atoms with Crippen molar-refractivity contribution in [2.75, 3.05) is 0 Å². The molecule has 1 N–H and O–H groups in total. The average Bonchev–Trinajstić information content (AvgIpc) is 2.96. The standard InChI is InChI=1S/C9H5N5O2S/c15-9(16)5-1-2-7-11-12-8(14(7)3-5)6-4-17-13-10-6/h1-4H,(H,15,16). The van der Waals surface area contributed by atoms with Crippen LogP contribution in [0.5, 0.6) is 0 Å². The topological polar surface area (TPSA) is 93.3 Å². The molecule has 3 rings (SSSR count). The predicted octanol–water partition coefficient (Wildman–Crippen LogP) is 0.946. The van der Waals surface area contributed by atoms with Crippen molar-refractivity contribution >= 4 is 23.1 Å². The number of hydrogen-bond acceptors (Lipinski definition) is 6. The fourth-order valence-electron chi connectivity index (χ4n) is 1.45. The Labute approximate surface area is 98.5 Å². The van der Waals surface area contributed by atoms with E-state index in [1.807, 2.05) is 0 Å². The first-order valence-electron chi connectivity index (χ1n) is 4.61. The molecule has 0 bridgehead atoms. The van der Waals surface area contributed by atoms with Gasteiger partial charge < -0.3 is 5.11 Å². The highest BCUT2D eigenvalue weighted by Crippen LogP contribution is 2.17. The predicted molar refractivity (Wildman–Crippen MR) is 58.8 cm³/mol. The third-order valence-corrected chi connectivity index (χ3v) is 2.74. The van der Waals surface area contributed by atoms with Crippen LogP contribution in [-0.2, 0) is 0 Å². The van der Waals surface area contributed by atoms with Gasteiger partial charge in [-0.2, -0.15) is 0 Å². The van der Waals surface area contributed by atoms with Crippen molar-refractivity contribution in [1.29, 1.82) is 0 Å². The normalized spacial score (nSPS) is 10.8. The number of rotatable bonds is 2. The molecular formula is C9H5N5O2S. The lowest BCUT2D eigenvalue weighted by Gasteiger charge is -1.98. The number of carboxylic acids is 1. The molecule has 0 aliphatic carbocycles. The second-order valence-corrected chi connectivity index (χ2v) is 3.87. The largest absolute Gasteiger partial charge is 0.478 e. The van der Waals surface area contributed by atoms with Gasteiger partial charge >= 0.3 is 5.97 Å². The second-order valence-electron chi connectivity index (χ2n) is 3.26. The molecule has 0 aliphatic heterocycles. The van der Waals surface area contributed by atoms with E-state index in [-0.39, 0.29) is 5.56 Å². The summed E-state index contributed by atoms with van der Waals surface area (Å²) in [6.45, 7) is 0. The van der Waals surface area contributed by atoms with E-state index in [0.717, 1.165) is 0 Å². The monoisotopic (exact) mass is 247 g/mol. The smallest absolute Gasteiger partial charge is 0.337 e. The zero-order chi connectivity index (χ0) is 11.8. The van der Waals surface area contributed by atoms with E-state index >= 15 is 0 Å². The van der Waals surface area contributed by atoms with Gasteiger partial charge in [-0.15, -0.1) is 15.3 Å². The fourth-order valence-corrected chi connectivity index (χ4v) is 1.89. The Morgan fingerprint density at radius 3 is 2.88 bits per heavy atom. The maximum Gasteiger partial charge on any atom is 0.337 e. The van der Waals surface area contributed by atoms with Crippen LogP contribution in [0.25, 0.3) is 17.2 Å². The minimum absolute atomic E-state index is 0.168. The molecule has 8 heteroatoms. The number of nitrogens with zero attached hydrogens (tertiary/aromatic N) is 5. The average molecular weight is 247 g/mol. The maximum absolute atomic E-state index is 10.9. The second kappa shape index (κ2) is 3.59. The van der Waals surface area contributed by atoms with Gasteiger partial charge in [0.1, 0.15) is 5.69 Å². The molecule has 0 saturated carbocycles. The van der Waals surface area contributed by atoms with Crippen molar-refractivity contribution in [1.82, 2.24) is 24.2 Å². The zero-order valence-corrected chi connectivity index (χ0v) is 9.13. The Morgan fingerprint density at radius 2 is 2.18 bits per heavy atom. The summed E-state index contributed by atoms with van der Waals surface area (Å²) >= 11 is 1.20. The van der Waals surface area contributed by atoms with Crippen molar-refractivity contribution in [3.05, 3.63) is 29.3 Å². The molecule has 3 aromatic heterocycles. The van der Waals surface area contributed by atoms with Gasteiger partial charge in [0.25, 0.3) is 0 Å². The van der Waals surface area contributed by atoms with E-state index in [9.17, 15) is 4.79 Å². The molecule has 17 heavy (non-hydrogen) atoms. The minimum atomic E-state index is -0.997. The molecule has 84 valence electrons. The molecule has 0 unspecified atom stereocenters. The molecule has 0 aliphatic rings. The molecule has 0 aromatic carbocycles. The van der Waals surface area contributed by atoms with Crippen LogP contribution in [0.1, 0.15) is 10.4 Å². The van der Waals surface area contributed by atoms with E-state index in [0.29, 0.717) is 17.2 Å². The molecule has 0 radical (unpaired) electrons. The number of carboxylic acid groups (broad SMARTS) is 1. The van der Waals surface area contributed by atoms with E-state index in [1.54, 1.807) is 15.8 Å². The third-order valence-electron chi connectivity index (χ3n) is 2.24. The van der Waals surface area contributed by atoms with Crippen molar-refractivity contribution in [2.24, 2.45) is 0 Å². The molecule has 0 atom stereocenters. The van der Waals surface area contributed by atoms with Gasteiger partial charge in [0.15, 0.2) is 11.5 Å². The van der Waals surface area contributed by atoms with Crippen LogP contribution in [0, 0.1) is 0 Å². The van der Waals surface area contributed by atoms with E-state index < -0.39 is 5.97 Å². The Kier molecular flexibility index (Phi) is 2.08. The van der Waals surface area contributed by atoms with Crippen LogP contribution in [-0.4, -0.2) is 35.3 Å². The quantitative estimate of drug-likeness (QED) is 0.724. The third kappa shape index (κ3) is 1.54. The number of aromatic nitrogens is 5. The molecule has 0 fully saturated rings. The lowest BCUT2D eigenvalue weighted by molar-refractivity contribution is 0.0696. The summed E-state index contributed by atoms with van der Waals surface area (Å²) < 4.78 is 5.32. The van der Waals surface area contributed by atoms with Gasteiger partial charge in [0.05, 0.1) is 5.56 Å². The van der Waals surface area contributed by atoms with Crippen LogP contribution < -0.4 is 0 Å². The Hall–Kier alpha value is -2.35. The summed E-state index contributed by atoms with van der Waals surface area (Å²) in [6.07, 6.45) is 1.46. The summed E-state index contributed by atoms with van der Waals surface area (Å²) in [5, 5.41) is 22.4. The SMILES string of the molecule is O=C(O)c1ccc2nnc(-c3csnn3)n2c1. The summed E-state index contributed by atoms with van der Waals surface area (Å²) in [5.41, 5.74) is 1.31. The van der Waals surface area contributed by atoms with E-state index in [1.165, 1.54) is 23.8 Å². The van der Waals surface area contributed by atoms with Crippen molar-refractivity contribution in [3.63, 3.8) is 0 Å². The Morgan fingerprint density at radius 1 is 1.29 bits per heavy atom. The number of carbonyl (C=O) groups is 1. The van der Waals surface area contributed by atoms with E-state index in [2.05, 4.69) is 19.8 Å². The lowest BCUT2D eigenvalue weighted by atomic mass is 10.3. The van der Waals surface area contributed by atoms with Gasteiger partial charge in [0.2, 0.25) is 0 Å². The highest BCUT2D eigenvalue weighted by molar-refractivity contribution is 7.03. The highest BCUT2D eigenvalue weighted by Gasteiger charge is 2.12. The van der Waals surface area contributed by atoms with Crippen LogP contribution in [0.4, 0.5) is 0 Å². The van der Waals surface area contributed by atoms with Crippen molar-refractivity contribution < 1.29 is 9.90 Å². The molecule has 7 nitrogen and oxygen atoms in total. The summed E-state index contributed by atoms with van der Waals surface area (Å²) in [7, 11) is 0. The van der Waals surface area contributed by atoms with Gasteiger partial charge in [-0.3, -0.25) is 4.40 Å². The van der Waals surface area contributed by atoms with Gasteiger partial charge in [-0.05, 0) is 23.7 Å². The molecule has 0 amide bonds. The van der Waals surface area contributed by atoms with Crippen LogP contribution >= 0.6 is 11.5 Å². The summed E-state index contributed by atoms with van der Waals surface area (Å²) in [6, 6.07) is 3.08. The van der Waals surface area contributed by atoms with Gasteiger partial charge in [-0.1, -0.05) is 4.49 Å². The van der Waals surface area contributed by atoms with E-state index in [4.69, 9.17) is 5.11 Å². The highest BCUT2D eigenvalue weighted by atomic mass is 32.1. The Balaban J connectivity index is 2.26. The first-order valence-corrected chi connectivity index (χ1v) is 5.45. The summed E-state index contributed by atoms with van der Waals surface area (Å²) in [5.74, 6) is -0.514. The molecular weight excluding hydrogens is 242 g/mol. The molecule has 0 saturated heterocycles. The van der Waals surface area contributed by atoms with Crippen LogP contribution in [0.3, 0.4) is 0 Å². The summed E-state index contributed by atoms with van der Waals surface area (Å²) in [4.78, 5) is 10.9. The van der Waals surface area contributed by atoms with Crippen molar-refractivity contribution in [3.8, 4) is 11.5 Å².